The first kappa shape index (κ1) is 12.7. The molecule has 0 aliphatic carbocycles. The summed E-state index contributed by atoms with van der Waals surface area (Å²) in [5.74, 6) is 0.764. The van der Waals surface area contributed by atoms with Crippen LogP contribution in [0.2, 0.25) is 0 Å². The fourth-order valence-electron chi connectivity index (χ4n) is 2.11. The Morgan fingerprint density at radius 3 is 3.06 bits per heavy atom. The summed E-state index contributed by atoms with van der Waals surface area (Å²) in [5, 5.41) is 11.4. The van der Waals surface area contributed by atoms with Gasteiger partial charge in [-0.3, -0.25) is 4.79 Å². The summed E-state index contributed by atoms with van der Waals surface area (Å²) in [4.78, 5) is 10.5. The first-order valence-corrected chi connectivity index (χ1v) is 5.89. The lowest BCUT2D eigenvalue weighted by Crippen LogP contribution is -2.22. The van der Waals surface area contributed by atoms with Gasteiger partial charge in [0.05, 0.1) is 13.7 Å². The Morgan fingerprint density at radius 1 is 1.61 bits per heavy atom. The number of benzene rings is 1. The van der Waals surface area contributed by atoms with Gasteiger partial charge in [0.1, 0.15) is 17.6 Å². The number of methoxy groups -OCH3 is 1. The SMILES string of the molecule is COc1cc2c(cc1CNCC(=O)O)OC(C)C2. The van der Waals surface area contributed by atoms with Crippen molar-refractivity contribution < 1.29 is 19.4 Å². The van der Waals surface area contributed by atoms with Crippen molar-refractivity contribution in [2.24, 2.45) is 0 Å². The minimum absolute atomic E-state index is 0.0719. The van der Waals surface area contributed by atoms with Gasteiger partial charge in [0.15, 0.2) is 0 Å². The Hall–Kier alpha value is -1.75. The molecule has 1 atom stereocenters. The monoisotopic (exact) mass is 251 g/mol. The van der Waals surface area contributed by atoms with Crippen molar-refractivity contribution in [2.45, 2.75) is 26.0 Å². The fourth-order valence-corrected chi connectivity index (χ4v) is 2.11. The van der Waals surface area contributed by atoms with Crippen molar-refractivity contribution in [2.75, 3.05) is 13.7 Å². The van der Waals surface area contributed by atoms with Gasteiger partial charge < -0.3 is 19.9 Å². The van der Waals surface area contributed by atoms with Gasteiger partial charge in [-0.25, -0.2) is 0 Å². The van der Waals surface area contributed by atoms with Gasteiger partial charge in [0.2, 0.25) is 0 Å². The molecule has 1 heterocycles. The zero-order chi connectivity index (χ0) is 13.1. The van der Waals surface area contributed by atoms with Crippen molar-refractivity contribution in [3.8, 4) is 11.5 Å². The van der Waals surface area contributed by atoms with Crippen LogP contribution in [0, 0.1) is 0 Å². The van der Waals surface area contributed by atoms with E-state index in [-0.39, 0.29) is 12.6 Å². The molecule has 0 saturated carbocycles. The van der Waals surface area contributed by atoms with Crippen molar-refractivity contribution in [3.05, 3.63) is 23.3 Å². The lowest BCUT2D eigenvalue weighted by molar-refractivity contribution is -0.135. The van der Waals surface area contributed by atoms with Gasteiger partial charge in [-0.15, -0.1) is 0 Å². The van der Waals surface area contributed by atoms with Crippen LogP contribution in [0.25, 0.3) is 0 Å². The molecule has 0 bridgehead atoms. The molecule has 2 rings (SSSR count). The number of carbonyl (C=O) groups is 1. The second kappa shape index (κ2) is 5.27. The summed E-state index contributed by atoms with van der Waals surface area (Å²) in [6.45, 7) is 2.40. The lowest BCUT2D eigenvalue weighted by atomic mass is 10.1. The summed E-state index contributed by atoms with van der Waals surface area (Å²) in [7, 11) is 1.61. The van der Waals surface area contributed by atoms with Gasteiger partial charge in [-0.1, -0.05) is 0 Å². The van der Waals surface area contributed by atoms with Gasteiger partial charge in [-0.05, 0) is 19.1 Å². The molecule has 0 radical (unpaired) electrons. The van der Waals surface area contributed by atoms with E-state index >= 15 is 0 Å². The number of nitrogens with one attached hydrogen (secondary N) is 1. The normalized spacial score (nSPS) is 17.1. The maximum absolute atomic E-state index is 10.5. The Balaban J connectivity index is 2.14. The first-order valence-electron chi connectivity index (χ1n) is 5.89. The number of carboxylic acids is 1. The summed E-state index contributed by atoms with van der Waals surface area (Å²) in [6, 6.07) is 3.89. The summed E-state index contributed by atoms with van der Waals surface area (Å²) >= 11 is 0. The van der Waals surface area contributed by atoms with E-state index in [1.165, 1.54) is 0 Å². The van der Waals surface area contributed by atoms with E-state index in [9.17, 15) is 4.79 Å². The molecular weight excluding hydrogens is 234 g/mol. The highest BCUT2D eigenvalue weighted by molar-refractivity contribution is 5.69. The van der Waals surface area contributed by atoms with Crippen molar-refractivity contribution in [1.82, 2.24) is 5.32 Å². The van der Waals surface area contributed by atoms with Gasteiger partial charge in [0, 0.05) is 24.1 Å². The van der Waals surface area contributed by atoms with E-state index in [1.807, 2.05) is 19.1 Å². The molecule has 0 spiro atoms. The molecule has 18 heavy (non-hydrogen) atoms. The number of ether oxygens (including phenoxy) is 2. The van der Waals surface area contributed by atoms with Crippen LogP contribution in [0.1, 0.15) is 18.1 Å². The van der Waals surface area contributed by atoms with Crippen LogP contribution < -0.4 is 14.8 Å². The van der Waals surface area contributed by atoms with E-state index in [1.54, 1.807) is 7.11 Å². The van der Waals surface area contributed by atoms with Gasteiger partial charge in [0.25, 0.3) is 0 Å². The lowest BCUT2D eigenvalue weighted by Gasteiger charge is -2.11. The molecule has 1 unspecified atom stereocenters. The molecule has 1 aliphatic rings. The summed E-state index contributed by atoms with van der Waals surface area (Å²) < 4.78 is 11.0. The standard InChI is InChI=1S/C13H17NO4/c1-8-3-9-4-11(17-2)10(5-12(9)18-8)6-14-7-13(15)16/h4-5,8,14H,3,6-7H2,1-2H3,(H,15,16). The molecule has 0 saturated heterocycles. The Bertz CT molecular complexity index is 459. The van der Waals surface area contributed by atoms with Crippen LogP contribution in [0.5, 0.6) is 11.5 Å². The Labute approximate surface area is 106 Å². The summed E-state index contributed by atoms with van der Waals surface area (Å²) in [5.41, 5.74) is 2.05. The zero-order valence-corrected chi connectivity index (χ0v) is 10.5. The average molecular weight is 251 g/mol. The quantitative estimate of drug-likeness (QED) is 0.823. The van der Waals surface area contributed by atoms with Crippen LogP contribution in [0.15, 0.2) is 12.1 Å². The van der Waals surface area contributed by atoms with Gasteiger partial charge in [-0.2, -0.15) is 0 Å². The highest BCUT2D eigenvalue weighted by atomic mass is 16.5. The molecule has 5 heteroatoms. The minimum atomic E-state index is -0.875. The molecule has 1 aromatic rings. The van der Waals surface area contributed by atoms with Crippen LogP contribution in [-0.4, -0.2) is 30.8 Å². The first-order chi connectivity index (χ1) is 8.60. The van der Waals surface area contributed by atoms with Crippen molar-refractivity contribution in [1.29, 1.82) is 0 Å². The molecule has 1 aromatic carbocycles. The molecular formula is C13H17NO4. The molecule has 1 aliphatic heterocycles. The molecule has 0 fully saturated rings. The fraction of sp³-hybridized carbons (Fsp3) is 0.462. The minimum Gasteiger partial charge on any atom is -0.496 e. The molecule has 5 nitrogen and oxygen atoms in total. The number of hydrogen-bond donors (Lipinski definition) is 2. The van der Waals surface area contributed by atoms with E-state index in [0.717, 1.165) is 29.0 Å². The van der Waals surface area contributed by atoms with E-state index in [0.29, 0.717) is 6.54 Å². The maximum Gasteiger partial charge on any atom is 0.317 e. The predicted molar refractivity (Wildman–Crippen MR) is 66.1 cm³/mol. The van der Waals surface area contributed by atoms with Gasteiger partial charge >= 0.3 is 5.97 Å². The summed E-state index contributed by atoms with van der Waals surface area (Å²) in [6.07, 6.45) is 1.07. The average Bonchev–Trinajstić information content (AvgIpc) is 2.66. The van der Waals surface area contributed by atoms with E-state index < -0.39 is 5.97 Å². The molecule has 2 N–H and O–H groups in total. The smallest absolute Gasteiger partial charge is 0.317 e. The third kappa shape index (κ3) is 2.73. The van der Waals surface area contributed by atoms with Crippen LogP contribution in [-0.2, 0) is 17.8 Å². The highest BCUT2D eigenvalue weighted by Gasteiger charge is 2.21. The molecule has 0 aromatic heterocycles. The Morgan fingerprint density at radius 2 is 2.39 bits per heavy atom. The van der Waals surface area contributed by atoms with Crippen molar-refractivity contribution in [3.63, 3.8) is 0 Å². The van der Waals surface area contributed by atoms with Crippen LogP contribution in [0.3, 0.4) is 0 Å². The molecule has 0 amide bonds. The predicted octanol–water partition coefficient (Wildman–Crippen LogP) is 1.19. The highest BCUT2D eigenvalue weighted by Crippen LogP contribution is 2.34. The number of hydrogen-bond acceptors (Lipinski definition) is 4. The third-order valence-electron chi connectivity index (χ3n) is 2.89. The van der Waals surface area contributed by atoms with E-state index in [4.69, 9.17) is 14.6 Å². The largest absolute Gasteiger partial charge is 0.496 e. The number of aliphatic carboxylic acids is 1. The molecule has 98 valence electrons. The Kier molecular flexibility index (Phi) is 3.72. The van der Waals surface area contributed by atoms with E-state index in [2.05, 4.69) is 5.32 Å². The van der Waals surface area contributed by atoms with Crippen LogP contribution >= 0.6 is 0 Å². The van der Waals surface area contributed by atoms with Crippen LogP contribution in [0.4, 0.5) is 0 Å². The maximum atomic E-state index is 10.5. The topological polar surface area (TPSA) is 67.8 Å². The second-order valence-corrected chi connectivity index (χ2v) is 4.40. The van der Waals surface area contributed by atoms with Crippen molar-refractivity contribution >= 4 is 5.97 Å². The number of fused-ring (bicyclic) bond motifs is 1. The third-order valence-corrected chi connectivity index (χ3v) is 2.89. The zero-order valence-electron chi connectivity index (χ0n) is 10.5. The number of rotatable bonds is 5. The number of carboxylic acid groups (broad SMARTS) is 1. The second-order valence-electron chi connectivity index (χ2n) is 4.40.